The number of ether oxygens (including phenoxy) is 1. The maximum atomic E-state index is 14.0. The molecule has 0 aromatic heterocycles. The van der Waals surface area contributed by atoms with Gasteiger partial charge in [-0.1, -0.05) is 54.4 Å². The number of hydrogen-bond acceptors (Lipinski definition) is 5. The van der Waals surface area contributed by atoms with Crippen LogP contribution in [0.4, 0.5) is 5.69 Å². The van der Waals surface area contributed by atoms with Crippen LogP contribution in [-0.2, 0) is 26.2 Å². The van der Waals surface area contributed by atoms with E-state index < -0.39 is 28.5 Å². The van der Waals surface area contributed by atoms with Crippen molar-refractivity contribution in [2.45, 2.75) is 57.6 Å². The molecule has 2 amide bonds. The molecular weight excluding hydrogens is 550 g/mol. The predicted octanol–water partition coefficient (Wildman–Crippen LogP) is 5.18. The standard InChI is InChI=1S/C30H36ClN3O5S/c1-6-22(3)32-30(36)23(4)33(19-24-12-14-27(39-5)15-13-24)29(35)20-34(26-9-7-8-25(31)18-26)40(37,38)28-16-10-21(2)11-17-28/h7-18,22-23H,6,19-20H2,1-5H3,(H,32,36)/t22-,23+/m1/s1. The molecule has 0 aliphatic carbocycles. The van der Waals surface area contributed by atoms with Gasteiger partial charge in [0.2, 0.25) is 11.8 Å². The van der Waals surface area contributed by atoms with E-state index in [1.165, 1.54) is 23.1 Å². The van der Waals surface area contributed by atoms with Crippen LogP contribution < -0.4 is 14.4 Å². The predicted molar refractivity (Wildman–Crippen MR) is 158 cm³/mol. The van der Waals surface area contributed by atoms with Crippen molar-refractivity contribution in [1.29, 1.82) is 0 Å². The maximum Gasteiger partial charge on any atom is 0.264 e. The molecule has 3 aromatic carbocycles. The first-order valence-corrected chi connectivity index (χ1v) is 14.9. The van der Waals surface area contributed by atoms with Crippen LogP contribution in [0.1, 0.15) is 38.3 Å². The molecule has 1 N–H and O–H groups in total. The zero-order valence-corrected chi connectivity index (χ0v) is 25.0. The molecule has 2 atom stereocenters. The lowest BCUT2D eigenvalue weighted by Gasteiger charge is -2.32. The van der Waals surface area contributed by atoms with Gasteiger partial charge in [-0.25, -0.2) is 8.42 Å². The van der Waals surface area contributed by atoms with Gasteiger partial charge in [-0.3, -0.25) is 13.9 Å². The molecule has 3 rings (SSSR count). The molecule has 3 aromatic rings. The first kappa shape index (κ1) is 31.0. The molecule has 40 heavy (non-hydrogen) atoms. The molecule has 0 aliphatic heterocycles. The summed E-state index contributed by atoms with van der Waals surface area (Å²) in [6.45, 7) is 6.89. The van der Waals surface area contributed by atoms with Gasteiger partial charge in [0.05, 0.1) is 17.7 Å². The van der Waals surface area contributed by atoms with Crippen LogP contribution in [0, 0.1) is 6.92 Å². The molecule has 0 unspecified atom stereocenters. The Kier molecular flexibility index (Phi) is 10.6. The summed E-state index contributed by atoms with van der Waals surface area (Å²) in [6.07, 6.45) is 0.724. The Hall–Kier alpha value is -3.56. The fraction of sp³-hybridized carbons (Fsp3) is 0.333. The zero-order chi connectivity index (χ0) is 29.4. The minimum atomic E-state index is -4.16. The Morgan fingerprint density at radius 2 is 1.65 bits per heavy atom. The van der Waals surface area contributed by atoms with Gasteiger partial charge in [-0.2, -0.15) is 0 Å². The van der Waals surface area contributed by atoms with Crippen molar-refractivity contribution in [3.8, 4) is 5.75 Å². The number of amides is 2. The first-order valence-electron chi connectivity index (χ1n) is 13.0. The van der Waals surface area contributed by atoms with E-state index in [0.29, 0.717) is 10.8 Å². The van der Waals surface area contributed by atoms with Gasteiger partial charge in [0.25, 0.3) is 10.0 Å². The van der Waals surface area contributed by atoms with Gasteiger partial charge >= 0.3 is 0 Å². The largest absolute Gasteiger partial charge is 0.497 e. The van der Waals surface area contributed by atoms with Crippen LogP contribution in [0.15, 0.2) is 77.7 Å². The van der Waals surface area contributed by atoms with Crippen LogP contribution >= 0.6 is 11.6 Å². The number of methoxy groups -OCH3 is 1. The highest BCUT2D eigenvalue weighted by Crippen LogP contribution is 2.27. The number of carbonyl (C=O) groups is 2. The van der Waals surface area contributed by atoms with Crippen molar-refractivity contribution in [3.05, 3.63) is 88.9 Å². The van der Waals surface area contributed by atoms with Crippen molar-refractivity contribution in [2.24, 2.45) is 0 Å². The van der Waals surface area contributed by atoms with E-state index in [2.05, 4.69) is 5.32 Å². The number of halogens is 1. The average Bonchev–Trinajstić information content (AvgIpc) is 2.94. The lowest BCUT2D eigenvalue weighted by Crippen LogP contribution is -2.52. The second-order valence-electron chi connectivity index (χ2n) is 9.67. The molecule has 0 fully saturated rings. The normalized spacial score (nSPS) is 12.8. The zero-order valence-electron chi connectivity index (χ0n) is 23.4. The summed E-state index contributed by atoms with van der Waals surface area (Å²) in [6, 6.07) is 18.9. The molecule has 0 bridgehead atoms. The third kappa shape index (κ3) is 7.76. The SMILES string of the molecule is CC[C@@H](C)NC(=O)[C@H](C)N(Cc1ccc(OC)cc1)C(=O)CN(c1cccc(Cl)c1)S(=O)(=O)c1ccc(C)cc1. The molecule has 0 saturated heterocycles. The van der Waals surface area contributed by atoms with Gasteiger partial charge in [-0.15, -0.1) is 0 Å². The third-order valence-electron chi connectivity index (χ3n) is 6.66. The molecule has 0 saturated carbocycles. The van der Waals surface area contributed by atoms with Crippen molar-refractivity contribution < 1.29 is 22.7 Å². The van der Waals surface area contributed by atoms with E-state index in [0.717, 1.165) is 21.9 Å². The first-order chi connectivity index (χ1) is 19.0. The number of nitrogens with one attached hydrogen (secondary N) is 1. The van der Waals surface area contributed by atoms with Gasteiger partial charge in [-0.05, 0) is 75.2 Å². The van der Waals surface area contributed by atoms with Crippen LogP contribution in [-0.4, -0.2) is 50.9 Å². The smallest absolute Gasteiger partial charge is 0.264 e. The highest BCUT2D eigenvalue weighted by molar-refractivity contribution is 7.92. The Labute approximate surface area is 241 Å². The quantitative estimate of drug-likeness (QED) is 0.316. The number of nitrogens with zero attached hydrogens (tertiary/aromatic N) is 2. The highest BCUT2D eigenvalue weighted by atomic mass is 35.5. The average molecular weight is 586 g/mol. The topological polar surface area (TPSA) is 96.0 Å². The number of hydrogen-bond donors (Lipinski definition) is 1. The minimum absolute atomic E-state index is 0.0372. The second kappa shape index (κ2) is 13.7. The van der Waals surface area contributed by atoms with Crippen LogP contribution in [0.25, 0.3) is 0 Å². The van der Waals surface area contributed by atoms with Crippen molar-refractivity contribution in [2.75, 3.05) is 18.0 Å². The monoisotopic (exact) mass is 585 g/mol. The summed E-state index contributed by atoms with van der Waals surface area (Å²) in [7, 11) is -2.60. The number of anilines is 1. The van der Waals surface area contributed by atoms with E-state index in [9.17, 15) is 18.0 Å². The number of aryl methyl sites for hydroxylation is 1. The number of benzene rings is 3. The number of rotatable bonds is 12. The number of carbonyl (C=O) groups excluding carboxylic acids is 2. The van der Waals surface area contributed by atoms with E-state index in [4.69, 9.17) is 16.3 Å². The lowest BCUT2D eigenvalue weighted by atomic mass is 10.1. The fourth-order valence-corrected chi connectivity index (χ4v) is 5.56. The Bertz CT molecular complexity index is 1410. The van der Waals surface area contributed by atoms with Crippen molar-refractivity contribution in [1.82, 2.24) is 10.2 Å². The Morgan fingerprint density at radius 3 is 2.23 bits per heavy atom. The summed E-state index contributed by atoms with van der Waals surface area (Å²) < 4.78 is 34.0. The summed E-state index contributed by atoms with van der Waals surface area (Å²) in [5, 5.41) is 3.24. The van der Waals surface area contributed by atoms with E-state index >= 15 is 0 Å². The van der Waals surface area contributed by atoms with Gasteiger partial charge in [0.1, 0.15) is 18.3 Å². The molecule has 0 spiro atoms. The Morgan fingerprint density at radius 1 is 1.00 bits per heavy atom. The molecular formula is C30H36ClN3O5S. The van der Waals surface area contributed by atoms with Crippen LogP contribution in [0.5, 0.6) is 5.75 Å². The fourth-order valence-electron chi connectivity index (χ4n) is 3.97. The molecule has 8 nitrogen and oxygen atoms in total. The maximum absolute atomic E-state index is 14.0. The van der Waals surface area contributed by atoms with E-state index in [1.54, 1.807) is 68.6 Å². The van der Waals surface area contributed by atoms with Gasteiger partial charge in [0, 0.05) is 17.6 Å². The lowest BCUT2D eigenvalue weighted by molar-refractivity contribution is -0.139. The molecule has 0 heterocycles. The summed E-state index contributed by atoms with van der Waals surface area (Å²) >= 11 is 6.21. The number of sulfonamides is 1. The summed E-state index contributed by atoms with van der Waals surface area (Å²) in [5.41, 5.74) is 1.90. The second-order valence-corrected chi connectivity index (χ2v) is 12.0. The Balaban J connectivity index is 2.02. The summed E-state index contributed by atoms with van der Waals surface area (Å²) in [4.78, 5) is 28.5. The van der Waals surface area contributed by atoms with Crippen molar-refractivity contribution in [3.63, 3.8) is 0 Å². The van der Waals surface area contributed by atoms with Crippen LogP contribution in [0.2, 0.25) is 5.02 Å². The van der Waals surface area contributed by atoms with E-state index in [-0.39, 0.29) is 29.1 Å². The van der Waals surface area contributed by atoms with Crippen molar-refractivity contribution >= 4 is 39.1 Å². The molecule has 10 heteroatoms. The van der Waals surface area contributed by atoms with E-state index in [1.807, 2.05) is 20.8 Å². The minimum Gasteiger partial charge on any atom is -0.497 e. The highest BCUT2D eigenvalue weighted by Gasteiger charge is 2.32. The summed E-state index contributed by atoms with van der Waals surface area (Å²) in [5.74, 6) is -0.217. The van der Waals surface area contributed by atoms with Gasteiger partial charge in [0.15, 0.2) is 0 Å². The van der Waals surface area contributed by atoms with Gasteiger partial charge < -0.3 is 15.0 Å². The van der Waals surface area contributed by atoms with Crippen LogP contribution in [0.3, 0.4) is 0 Å². The molecule has 214 valence electrons. The molecule has 0 radical (unpaired) electrons. The molecule has 0 aliphatic rings. The third-order valence-corrected chi connectivity index (χ3v) is 8.69.